The number of hydrogen-bond donors (Lipinski definition) is 0. The molecule has 0 saturated heterocycles. The van der Waals surface area contributed by atoms with Crippen molar-refractivity contribution < 1.29 is 9.18 Å². The Morgan fingerprint density at radius 3 is 2.45 bits per heavy atom. The van der Waals surface area contributed by atoms with Gasteiger partial charge >= 0.3 is 0 Å². The predicted octanol–water partition coefficient (Wildman–Crippen LogP) is 6.80. The van der Waals surface area contributed by atoms with E-state index in [9.17, 15) is 9.18 Å². The Hall–Kier alpha value is -2.10. The van der Waals surface area contributed by atoms with E-state index in [0.29, 0.717) is 31.5 Å². The van der Waals surface area contributed by atoms with Gasteiger partial charge in [-0.2, -0.15) is 0 Å². The number of aromatic nitrogens is 1. The average Bonchev–Trinajstić information content (AvgIpc) is 3.13. The molecule has 1 aliphatic rings. The molecule has 1 heterocycles. The molecule has 0 N–H and O–H groups in total. The molecule has 1 fully saturated rings. The maximum absolute atomic E-state index is 13.4. The van der Waals surface area contributed by atoms with E-state index >= 15 is 0 Å². The van der Waals surface area contributed by atoms with Crippen molar-refractivity contribution in [3.8, 4) is 0 Å². The molecule has 4 heteroatoms. The second-order valence-corrected chi connectivity index (χ2v) is 10.6. The summed E-state index contributed by atoms with van der Waals surface area (Å²) < 4.78 is 15.5. The molecule has 170 valence electrons. The predicted molar refractivity (Wildman–Crippen MR) is 125 cm³/mol. The molecule has 31 heavy (non-hydrogen) atoms. The molecule has 1 aromatic carbocycles. The zero-order valence-electron chi connectivity index (χ0n) is 19.7. The van der Waals surface area contributed by atoms with Crippen LogP contribution in [0.1, 0.15) is 83.9 Å². The highest BCUT2D eigenvalue weighted by Crippen LogP contribution is 2.29. The number of amides is 1. The van der Waals surface area contributed by atoms with Gasteiger partial charge in [-0.05, 0) is 60.4 Å². The van der Waals surface area contributed by atoms with Crippen LogP contribution in [0.4, 0.5) is 4.39 Å². The molecule has 1 saturated carbocycles. The van der Waals surface area contributed by atoms with Gasteiger partial charge in [0.05, 0.1) is 6.54 Å². The largest absolute Gasteiger partial charge is 0.345 e. The minimum Gasteiger partial charge on any atom is -0.345 e. The first-order valence-electron chi connectivity index (χ1n) is 11.9. The first-order valence-corrected chi connectivity index (χ1v) is 11.9. The van der Waals surface area contributed by atoms with Gasteiger partial charge in [0, 0.05) is 30.9 Å². The lowest BCUT2D eigenvalue weighted by Gasteiger charge is -2.36. The highest BCUT2D eigenvalue weighted by Gasteiger charge is 2.28. The molecular weight excluding hydrogens is 387 g/mol. The summed E-state index contributed by atoms with van der Waals surface area (Å²) >= 11 is 0. The van der Waals surface area contributed by atoms with Crippen LogP contribution in [0.3, 0.4) is 0 Å². The molecule has 3 nitrogen and oxygen atoms in total. The van der Waals surface area contributed by atoms with Crippen LogP contribution in [0.15, 0.2) is 42.6 Å². The molecule has 1 aliphatic carbocycles. The third-order valence-corrected chi connectivity index (χ3v) is 6.34. The lowest BCUT2D eigenvalue weighted by Crippen LogP contribution is -2.42. The number of rotatable bonds is 8. The van der Waals surface area contributed by atoms with E-state index in [2.05, 4.69) is 49.4 Å². The van der Waals surface area contributed by atoms with Crippen LogP contribution < -0.4 is 0 Å². The summed E-state index contributed by atoms with van der Waals surface area (Å²) in [5, 5.41) is 0. The summed E-state index contributed by atoms with van der Waals surface area (Å²) in [6.45, 7) is 10.3. The van der Waals surface area contributed by atoms with Gasteiger partial charge in [-0.15, -0.1) is 0 Å². The second kappa shape index (κ2) is 10.5. The van der Waals surface area contributed by atoms with Crippen LogP contribution in [0, 0.1) is 17.2 Å². The Labute approximate surface area is 187 Å². The smallest absolute Gasteiger partial charge is 0.223 e. The van der Waals surface area contributed by atoms with Crippen LogP contribution in [-0.2, 0) is 17.9 Å². The molecule has 1 amide bonds. The standard InChI is InChI=1S/C27H39FN2O/c1-21(18-27(2,3)4)17-26(31)30(24-9-6-5-7-10-24)20-25-11-8-16-29(25)19-22-12-14-23(28)15-13-22/h8,11-16,21,24H,5-7,9-10,17-20H2,1-4H3/t21-/m0/s1. The van der Waals surface area contributed by atoms with E-state index < -0.39 is 0 Å². The van der Waals surface area contributed by atoms with E-state index in [1.165, 1.54) is 31.4 Å². The quantitative estimate of drug-likeness (QED) is 0.456. The number of carbonyl (C=O) groups is 1. The van der Waals surface area contributed by atoms with Gasteiger partial charge in [0.25, 0.3) is 0 Å². The zero-order chi connectivity index (χ0) is 22.4. The number of benzene rings is 1. The van der Waals surface area contributed by atoms with Gasteiger partial charge < -0.3 is 9.47 Å². The van der Waals surface area contributed by atoms with E-state index in [1.807, 2.05) is 18.2 Å². The van der Waals surface area contributed by atoms with Crippen LogP contribution in [-0.4, -0.2) is 21.4 Å². The SMILES string of the molecule is C[C@@H](CC(=O)N(Cc1cccn1Cc1ccc(F)cc1)C1CCCCC1)CC(C)(C)C. The lowest BCUT2D eigenvalue weighted by molar-refractivity contribution is -0.136. The summed E-state index contributed by atoms with van der Waals surface area (Å²) in [5.74, 6) is 0.456. The van der Waals surface area contributed by atoms with E-state index in [0.717, 1.165) is 30.5 Å². The number of nitrogens with zero attached hydrogens (tertiary/aromatic N) is 2. The highest BCUT2D eigenvalue weighted by molar-refractivity contribution is 5.76. The van der Waals surface area contributed by atoms with Crippen LogP contribution in [0.2, 0.25) is 0 Å². The molecule has 0 radical (unpaired) electrons. The Morgan fingerprint density at radius 1 is 1.13 bits per heavy atom. The van der Waals surface area contributed by atoms with Crippen molar-refractivity contribution in [3.63, 3.8) is 0 Å². The van der Waals surface area contributed by atoms with E-state index in [4.69, 9.17) is 0 Å². The van der Waals surface area contributed by atoms with Gasteiger partial charge in [0.15, 0.2) is 0 Å². The molecule has 1 aromatic heterocycles. The molecule has 0 aliphatic heterocycles. The first kappa shape index (κ1) is 23.6. The minimum absolute atomic E-state index is 0.213. The molecule has 3 rings (SSSR count). The highest BCUT2D eigenvalue weighted by atomic mass is 19.1. The summed E-state index contributed by atoms with van der Waals surface area (Å²) in [5.41, 5.74) is 2.44. The Balaban J connectivity index is 1.74. The van der Waals surface area contributed by atoms with Crippen molar-refractivity contribution in [1.82, 2.24) is 9.47 Å². The van der Waals surface area contributed by atoms with Crippen LogP contribution in [0.25, 0.3) is 0 Å². The molecule has 0 bridgehead atoms. The summed E-state index contributed by atoms with van der Waals surface area (Å²) in [6, 6.07) is 11.2. The average molecular weight is 427 g/mol. The summed E-state index contributed by atoms with van der Waals surface area (Å²) in [4.78, 5) is 15.6. The third-order valence-electron chi connectivity index (χ3n) is 6.34. The number of halogens is 1. The number of carbonyl (C=O) groups excluding carboxylic acids is 1. The fourth-order valence-corrected chi connectivity index (χ4v) is 5.05. The van der Waals surface area contributed by atoms with Crippen molar-refractivity contribution in [3.05, 3.63) is 59.7 Å². The maximum atomic E-state index is 13.4. The van der Waals surface area contributed by atoms with Gasteiger partial charge in [0.1, 0.15) is 5.82 Å². The van der Waals surface area contributed by atoms with E-state index in [1.54, 1.807) is 0 Å². The van der Waals surface area contributed by atoms with Crippen LogP contribution in [0.5, 0.6) is 0 Å². The maximum Gasteiger partial charge on any atom is 0.223 e. The fourth-order valence-electron chi connectivity index (χ4n) is 5.05. The summed E-state index contributed by atoms with van der Waals surface area (Å²) in [7, 11) is 0. The van der Waals surface area contributed by atoms with Crippen molar-refractivity contribution in [1.29, 1.82) is 0 Å². The minimum atomic E-state index is -0.213. The normalized spacial score (nSPS) is 16.3. The molecule has 1 atom stereocenters. The Morgan fingerprint density at radius 2 is 1.81 bits per heavy atom. The monoisotopic (exact) mass is 426 g/mol. The van der Waals surface area contributed by atoms with Gasteiger partial charge in [0.2, 0.25) is 5.91 Å². The zero-order valence-corrected chi connectivity index (χ0v) is 19.7. The third kappa shape index (κ3) is 7.22. The molecular formula is C27H39FN2O. The molecule has 2 aromatic rings. The van der Waals surface area contributed by atoms with Gasteiger partial charge in [-0.25, -0.2) is 4.39 Å². The summed E-state index contributed by atoms with van der Waals surface area (Å²) in [6.07, 6.45) is 9.65. The lowest BCUT2D eigenvalue weighted by atomic mass is 9.84. The van der Waals surface area contributed by atoms with Crippen molar-refractivity contribution in [2.45, 2.75) is 91.8 Å². The van der Waals surface area contributed by atoms with Crippen molar-refractivity contribution in [2.75, 3.05) is 0 Å². The Bertz CT molecular complexity index is 828. The van der Waals surface area contributed by atoms with Crippen molar-refractivity contribution in [2.24, 2.45) is 11.3 Å². The molecule has 0 unspecified atom stereocenters. The topological polar surface area (TPSA) is 25.2 Å². The first-order chi connectivity index (χ1) is 14.7. The Kier molecular flexibility index (Phi) is 7.96. The van der Waals surface area contributed by atoms with Gasteiger partial charge in [-0.3, -0.25) is 4.79 Å². The molecule has 0 spiro atoms. The van der Waals surface area contributed by atoms with E-state index in [-0.39, 0.29) is 17.1 Å². The number of hydrogen-bond acceptors (Lipinski definition) is 1. The van der Waals surface area contributed by atoms with Gasteiger partial charge in [-0.1, -0.05) is 59.1 Å². The van der Waals surface area contributed by atoms with Crippen molar-refractivity contribution >= 4 is 5.91 Å². The second-order valence-electron chi connectivity index (χ2n) is 10.6. The van der Waals surface area contributed by atoms with Crippen LogP contribution >= 0.6 is 0 Å². The fraction of sp³-hybridized carbons (Fsp3) is 0.593.